The van der Waals surface area contributed by atoms with Gasteiger partial charge in [0.25, 0.3) is 5.91 Å². The fourth-order valence-electron chi connectivity index (χ4n) is 5.51. The van der Waals surface area contributed by atoms with E-state index in [0.29, 0.717) is 18.1 Å². The Hall–Kier alpha value is -2.83. The monoisotopic (exact) mass is 465 g/mol. The average Bonchev–Trinajstić information content (AvgIpc) is 3.46. The number of carbonyl (C=O) groups is 2. The van der Waals surface area contributed by atoms with Crippen LogP contribution in [0, 0.1) is 5.92 Å². The number of benzene rings is 2. The fourth-order valence-corrected chi connectivity index (χ4v) is 5.51. The lowest BCUT2D eigenvalue weighted by atomic mass is 9.84. The Labute approximate surface area is 199 Å². The normalized spacial score (nSPS) is 24.2. The smallest absolute Gasteiger partial charge is 0.287 e. The molecule has 1 aromatic heterocycles. The SMILES string of the molecule is Cl.O=C(N[C@H]1CN2CCC1CC2)c1cc2cccc(-c3ccc(N4CCCC4=O)cc3)c2o1. The molecular weight excluding hydrogens is 438 g/mol. The second kappa shape index (κ2) is 8.84. The highest BCUT2D eigenvalue weighted by Crippen LogP contribution is 2.33. The Balaban J connectivity index is 0.00000228. The molecule has 3 aromatic rings. The summed E-state index contributed by atoms with van der Waals surface area (Å²) < 4.78 is 6.09. The van der Waals surface area contributed by atoms with Gasteiger partial charge in [-0.1, -0.05) is 30.3 Å². The summed E-state index contributed by atoms with van der Waals surface area (Å²) in [6, 6.07) is 16.0. The third-order valence-electron chi connectivity index (χ3n) is 7.30. The molecule has 5 heterocycles. The van der Waals surface area contributed by atoms with E-state index in [1.165, 1.54) is 0 Å². The number of rotatable bonds is 4. The van der Waals surface area contributed by atoms with Crippen molar-refractivity contribution in [1.82, 2.24) is 10.2 Å². The summed E-state index contributed by atoms with van der Waals surface area (Å²) in [5.74, 6) is 0.992. The first kappa shape index (κ1) is 22.0. The molecule has 4 fully saturated rings. The molecule has 172 valence electrons. The maximum absolute atomic E-state index is 13.0. The predicted molar refractivity (Wildman–Crippen MR) is 131 cm³/mol. The Morgan fingerprint density at radius 1 is 1.03 bits per heavy atom. The second-order valence-electron chi connectivity index (χ2n) is 9.25. The van der Waals surface area contributed by atoms with Gasteiger partial charge in [-0.25, -0.2) is 0 Å². The number of piperidine rings is 3. The molecule has 4 saturated heterocycles. The van der Waals surface area contributed by atoms with Crippen LogP contribution in [0.3, 0.4) is 0 Å². The van der Waals surface area contributed by atoms with Gasteiger partial charge in [-0.3, -0.25) is 9.59 Å². The molecule has 2 aromatic carbocycles. The van der Waals surface area contributed by atoms with Crippen molar-refractivity contribution in [1.29, 1.82) is 0 Å². The van der Waals surface area contributed by atoms with E-state index < -0.39 is 0 Å². The summed E-state index contributed by atoms with van der Waals surface area (Å²) in [4.78, 5) is 29.3. The minimum absolute atomic E-state index is 0. The second-order valence-corrected chi connectivity index (χ2v) is 9.25. The molecule has 2 amide bonds. The first-order valence-corrected chi connectivity index (χ1v) is 11.6. The number of hydrogen-bond donors (Lipinski definition) is 1. The number of carbonyl (C=O) groups excluding carboxylic acids is 2. The van der Waals surface area contributed by atoms with Gasteiger partial charge in [0.05, 0.1) is 0 Å². The summed E-state index contributed by atoms with van der Waals surface area (Å²) in [5.41, 5.74) is 3.60. The van der Waals surface area contributed by atoms with Gasteiger partial charge < -0.3 is 19.5 Å². The molecular formula is C26H28ClN3O3. The van der Waals surface area contributed by atoms with Crippen molar-refractivity contribution in [2.45, 2.75) is 31.7 Å². The summed E-state index contributed by atoms with van der Waals surface area (Å²) in [6.45, 7) is 4.02. The van der Waals surface area contributed by atoms with Crippen LogP contribution in [0.5, 0.6) is 0 Å². The molecule has 0 saturated carbocycles. The van der Waals surface area contributed by atoms with Gasteiger partial charge in [0.2, 0.25) is 5.91 Å². The molecule has 0 aliphatic carbocycles. The van der Waals surface area contributed by atoms with Crippen molar-refractivity contribution in [2.24, 2.45) is 5.92 Å². The van der Waals surface area contributed by atoms with Crippen LogP contribution < -0.4 is 10.2 Å². The van der Waals surface area contributed by atoms with Gasteiger partial charge in [-0.2, -0.15) is 0 Å². The predicted octanol–water partition coefficient (Wildman–Crippen LogP) is 4.47. The number of para-hydroxylation sites is 1. The lowest BCUT2D eigenvalue weighted by Crippen LogP contribution is -2.57. The molecule has 6 nitrogen and oxygen atoms in total. The third-order valence-corrected chi connectivity index (χ3v) is 7.30. The van der Waals surface area contributed by atoms with Crippen LogP contribution in [0.1, 0.15) is 36.2 Å². The molecule has 0 unspecified atom stereocenters. The van der Waals surface area contributed by atoms with Crippen LogP contribution in [0.2, 0.25) is 0 Å². The highest BCUT2D eigenvalue weighted by atomic mass is 35.5. The van der Waals surface area contributed by atoms with E-state index in [9.17, 15) is 9.59 Å². The van der Waals surface area contributed by atoms with E-state index in [1.807, 2.05) is 53.4 Å². The molecule has 0 spiro atoms. The van der Waals surface area contributed by atoms with Crippen molar-refractivity contribution in [3.63, 3.8) is 0 Å². The van der Waals surface area contributed by atoms with Gasteiger partial charge in [0.1, 0.15) is 5.58 Å². The lowest BCUT2D eigenvalue weighted by Gasteiger charge is -2.44. The quantitative estimate of drug-likeness (QED) is 0.617. The van der Waals surface area contributed by atoms with Crippen LogP contribution in [-0.2, 0) is 4.79 Å². The number of amides is 2. The number of nitrogens with zero attached hydrogens (tertiary/aromatic N) is 2. The maximum atomic E-state index is 13.0. The van der Waals surface area contributed by atoms with Crippen molar-refractivity contribution in [2.75, 3.05) is 31.1 Å². The van der Waals surface area contributed by atoms with E-state index in [-0.39, 0.29) is 30.3 Å². The third kappa shape index (κ3) is 4.02. The van der Waals surface area contributed by atoms with Crippen LogP contribution in [0.4, 0.5) is 5.69 Å². The van der Waals surface area contributed by atoms with Gasteiger partial charge in [0, 0.05) is 42.2 Å². The molecule has 1 N–H and O–H groups in total. The van der Waals surface area contributed by atoms with Crippen LogP contribution in [0.15, 0.2) is 52.9 Å². The number of fused-ring (bicyclic) bond motifs is 4. The summed E-state index contributed by atoms with van der Waals surface area (Å²) >= 11 is 0. The highest BCUT2D eigenvalue weighted by molar-refractivity contribution is 6.00. The number of hydrogen-bond acceptors (Lipinski definition) is 4. The topological polar surface area (TPSA) is 65.8 Å². The van der Waals surface area contributed by atoms with E-state index in [2.05, 4.69) is 10.2 Å². The molecule has 7 rings (SSSR count). The van der Waals surface area contributed by atoms with Crippen LogP contribution in [0.25, 0.3) is 22.1 Å². The van der Waals surface area contributed by atoms with E-state index in [1.54, 1.807) is 0 Å². The fraction of sp³-hybridized carbons (Fsp3) is 0.385. The summed E-state index contributed by atoms with van der Waals surface area (Å²) in [5, 5.41) is 4.13. The minimum Gasteiger partial charge on any atom is -0.450 e. The lowest BCUT2D eigenvalue weighted by molar-refractivity contribution is -0.117. The molecule has 2 bridgehead atoms. The van der Waals surface area contributed by atoms with Crippen molar-refractivity contribution in [3.8, 4) is 11.1 Å². The Bertz CT molecular complexity index is 1180. The van der Waals surface area contributed by atoms with E-state index in [0.717, 1.165) is 73.2 Å². The van der Waals surface area contributed by atoms with Crippen LogP contribution >= 0.6 is 12.4 Å². The molecule has 1 atom stereocenters. The number of anilines is 1. The van der Waals surface area contributed by atoms with Gasteiger partial charge >= 0.3 is 0 Å². The first-order valence-electron chi connectivity index (χ1n) is 11.6. The first-order chi connectivity index (χ1) is 15.7. The van der Waals surface area contributed by atoms with Crippen molar-refractivity contribution in [3.05, 3.63) is 54.3 Å². The Morgan fingerprint density at radius 2 is 1.82 bits per heavy atom. The number of furan rings is 1. The molecule has 33 heavy (non-hydrogen) atoms. The Kier molecular flexibility index (Phi) is 5.89. The molecule has 4 aliphatic heterocycles. The Morgan fingerprint density at radius 3 is 2.48 bits per heavy atom. The number of halogens is 1. The summed E-state index contributed by atoms with van der Waals surface area (Å²) in [6.07, 6.45) is 3.86. The maximum Gasteiger partial charge on any atom is 0.287 e. The zero-order valence-corrected chi connectivity index (χ0v) is 19.3. The minimum atomic E-state index is -0.131. The van der Waals surface area contributed by atoms with Gasteiger partial charge in [-0.05, 0) is 62.0 Å². The van der Waals surface area contributed by atoms with Gasteiger partial charge in [-0.15, -0.1) is 12.4 Å². The van der Waals surface area contributed by atoms with E-state index in [4.69, 9.17) is 4.42 Å². The molecule has 7 heteroatoms. The van der Waals surface area contributed by atoms with Crippen molar-refractivity contribution < 1.29 is 14.0 Å². The largest absolute Gasteiger partial charge is 0.450 e. The van der Waals surface area contributed by atoms with Crippen LogP contribution in [-0.4, -0.2) is 48.9 Å². The van der Waals surface area contributed by atoms with Crippen molar-refractivity contribution >= 4 is 40.9 Å². The zero-order valence-electron chi connectivity index (χ0n) is 18.5. The summed E-state index contributed by atoms with van der Waals surface area (Å²) in [7, 11) is 0. The highest BCUT2D eigenvalue weighted by Gasteiger charge is 2.35. The average molecular weight is 466 g/mol. The number of nitrogens with one attached hydrogen (secondary N) is 1. The molecule has 4 aliphatic rings. The zero-order chi connectivity index (χ0) is 21.7. The standard InChI is InChI=1S/C26H27N3O3.ClH/c30-24-5-2-12-29(24)20-8-6-17(7-9-20)21-4-1-3-19-15-23(32-25(19)21)26(31)27-22-16-28-13-10-18(22)11-14-28;/h1,3-4,6-9,15,18,22H,2,5,10-14,16H2,(H,27,31);1H/t22-;/m0./s1. The van der Waals surface area contributed by atoms with E-state index >= 15 is 0 Å². The molecule has 0 radical (unpaired) electrons. The van der Waals surface area contributed by atoms with Gasteiger partial charge in [0.15, 0.2) is 5.76 Å².